The van der Waals surface area contributed by atoms with Gasteiger partial charge < -0.3 is 114 Å². The lowest BCUT2D eigenvalue weighted by atomic mass is 9.88. The maximum Gasteiger partial charge on any atom is 0.217 e. The third-order valence-corrected chi connectivity index (χ3v) is 10.3. The first-order valence-electron chi connectivity index (χ1n) is 18.5. The van der Waals surface area contributed by atoms with Gasteiger partial charge in [-0.25, -0.2) is 0 Å². The quantitative estimate of drug-likeness (QED) is 0.0605. The fraction of sp³-hybridized carbons (Fsp3) is 0.939. The topological polar surface area (TPSA) is 386 Å². The average Bonchev–Trinajstić information content (AvgIpc) is 3.17. The summed E-state index contributed by atoms with van der Waals surface area (Å²) in [5, 5.41) is 143. The van der Waals surface area contributed by atoms with Gasteiger partial charge in [-0.1, -0.05) is 13.3 Å². The molecule has 0 saturated carbocycles. The Balaban J connectivity index is 1.69. The summed E-state index contributed by atoms with van der Waals surface area (Å²) in [6, 6.07) is -1.61. The number of aliphatic hydroxyl groups is 12. The van der Waals surface area contributed by atoms with Crippen LogP contribution in [0.15, 0.2) is 0 Å². The van der Waals surface area contributed by atoms with E-state index in [-0.39, 0.29) is 6.61 Å². The van der Waals surface area contributed by atoms with Crippen LogP contribution in [0.3, 0.4) is 0 Å². The zero-order valence-corrected chi connectivity index (χ0v) is 31.4. The molecule has 0 aliphatic carbocycles. The highest BCUT2D eigenvalue weighted by Crippen LogP contribution is 2.39. The third-order valence-electron chi connectivity index (χ3n) is 10.3. The van der Waals surface area contributed by atoms with E-state index in [2.05, 4.69) is 5.32 Å². The largest absolute Gasteiger partial charge is 0.544 e. The highest BCUT2D eigenvalue weighted by Gasteiger charge is 2.58. The number of aliphatic carboxylic acids is 1. The van der Waals surface area contributed by atoms with Crippen molar-refractivity contribution < 1.29 is 114 Å². The van der Waals surface area contributed by atoms with Gasteiger partial charge in [0.1, 0.15) is 91.4 Å². The molecule has 4 fully saturated rings. The van der Waals surface area contributed by atoms with Crippen molar-refractivity contribution in [2.24, 2.45) is 0 Å². The van der Waals surface area contributed by atoms with E-state index in [1.54, 1.807) is 0 Å². The molecule has 4 rings (SSSR count). The number of carbonyl (C=O) groups excluding carboxylic acids is 2. The van der Waals surface area contributed by atoms with Crippen molar-refractivity contribution in [3.63, 3.8) is 0 Å². The number of ether oxygens (including phenoxy) is 8. The molecule has 24 heteroatoms. The molecule has 13 N–H and O–H groups in total. The molecule has 0 aromatic rings. The summed E-state index contributed by atoms with van der Waals surface area (Å²) in [5.74, 6) is -6.24. The predicted octanol–water partition coefficient (Wildman–Crippen LogP) is -8.88. The van der Waals surface area contributed by atoms with Crippen molar-refractivity contribution in [3.05, 3.63) is 0 Å². The molecular formula is C33H56NO23-. The van der Waals surface area contributed by atoms with Crippen molar-refractivity contribution >= 4 is 11.9 Å². The zero-order chi connectivity index (χ0) is 42.5. The summed E-state index contributed by atoms with van der Waals surface area (Å²) in [5.41, 5.74) is 0. The first-order valence-corrected chi connectivity index (χ1v) is 18.5. The molecule has 4 heterocycles. The van der Waals surface area contributed by atoms with Crippen molar-refractivity contribution in [1.82, 2.24) is 5.32 Å². The second-order valence-electron chi connectivity index (χ2n) is 14.5. The first-order chi connectivity index (χ1) is 26.9. The summed E-state index contributed by atoms with van der Waals surface area (Å²) < 4.78 is 45.6. The van der Waals surface area contributed by atoms with Gasteiger partial charge in [0, 0.05) is 20.0 Å². The van der Waals surface area contributed by atoms with E-state index in [4.69, 9.17) is 37.9 Å². The third kappa shape index (κ3) is 10.5. The molecule has 0 aromatic heterocycles. The molecule has 24 nitrogen and oxygen atoms in total. The summed E-state index contributed by atoms with van der Waals surface area (Å²) in [7, 11) is 0. The Labute approximate surface area is 326 Å². The minimum absolute atomic E-state index is 0.0445. The summed E-state index contributed by atoms with van der Waals surface area (Å²) >= 11 is 0. The summed E-state index contributed by atoms with van der Waals surface area (Å²) in [6.07, 6.45) is -35.1. The number of amides is 1. The van der Waals surface area contributed by atoms with E-state index in [0.29, 0.717) is 12.8 Å². The van der Waals surface area contributed by atoms with Crippen LogP contribution in [0.5, 0.6) is 0 Å². The SMILES string of the molecule is CCCCO[C@@H]1OC(CO)[C@@H](O[C@@H]2OC(C)[C@@H](O)[C@H](O)C2O)C(O[C@@H]2OC(CO)[C@H](O)C(O[C@]3(C(=O)[O-])C[C@@H](O)[C@@H](NC(C)=O)C([C@H](O)[C@H](O)CO)O3)[C@@H]2O)[C@@H]1O. The molecule has 0 radical (unpaired) electrons. The molecule has 1 amide bonds. The maximum absolute atomic E-state index is 12.8. The monoisotopic (exact) mass is 834 g/mol. The van der Waals surface area contributed by atoms with Crippen LogP contribution in [0.1, 0.15) is 40.0 Å². The lowest BCUT2D eigenvalue weighted by Crippen LogP contribution is -2.72. The smallest absolute Gasteiger partial charge is 0.217 e. The number of carboxylic acids is 1. The normalized spacial score (nSPS) is 45.2. The minimum atomic E-state index is -3.20. The van der Waals surface area contributed by atoms with Gasteiger partial charge in [0.15, 0.2) is 18.9 Å². The van der Waals surface area contributed by atoms with Gasteiger partial charge in [-0.15, -0.1) is 0 Å². The number of nitrogens with one attached hydrogen (secondary N) is 1. The molecule has 332 valence electrons. The molecule has 4 saturated heterocycles. The average molecular weight is 835 g/mol. The van der Waals surface area contributed by atoms with Crippen LogP contribution in [-0.4, -0.2) is 228 Å². The summed E-state index contributed by atoms with van der Waals surface area (Å²) in [6.45, 7) is 1.30. The standard InChI is InChI=1S/C33H57NO23/c1-4-5-6-50-29-24(47)28(25(16(10-37)53-29)54-30-22(45)21(44)18(41)11(2)51-30)55-31-23(46)27(20(43)15(9-36)52-31)57-33(32(48)49)7-13(39)17(34-12(3)38)26(56-33)19(42)14(40)8-35/h11,13-31,35-37,39-47H,4-10H2,1-3H3,(H,34,38)(H,48,49)/p-1/t11?,13-,14-,15?,16?,17-,18-,19-,20+,21+,22?,23+,24+,25-,26?,27?,28?,29-,30+,31+,33+/m1/s1. The van der Waals surface area contributed by atoms with E-state index >= 15 is 0 Å². The molecule has 4 aliphatic heterocycles. The van der Waals surface area contributed by atoms with E-state index in [9.17, 15) is 76.0 Å². The van der Waals surface area contributed by atoms with Gasteiger partial charge in [0.05, 0.1) is 38.1 Å². The highest BCUT2D eigenvalue weighted by atomic mass is 16.8. The fourth-order valence-corrected chi connectivity index (χ4v) is 7.04. The lowest BCUT2D eigenvalue weighted by Gasteiger charge is -2.52. The Kier molecular flexibility index (Phi) is 17.3. The number of rotatable bonds is 17. The molecular weight excluding hydrogens is 778 g/mol. The molecule has 0 bridgehead atoms. The Bertz CT molecular complexity index is 1290. The first kappa shape index (κ1) is 47.8. The van der Waals surface area contributed by atoms with Gasteiger partial charge in [-0.05, 0) is 13.3 Å². The van der Waals surface area contributed by atoms with Crippen molar-refractivity contribution in [3.8, 4) is 0 Å². The number of carbonyl (C=O) groups is 2. The fourth-order valence-electron chi connectivity index (χ4n) is 7.04. The minimum Gasteiger partial charge on any atom is -0.544 e. The van der Waals surface area contributed by atoms with Crippen molar-refractivity contribution in [2.45, 2.75) is 168 Å². The van der Waals surface area contributed by atoms with E-state index in [1.807, 2.05) is 6.92 Å². The predicted molar refractivity (Wildman–Crippen MR) is 177 cm³/mol. The maximum atomic E-state index is 12.8. The second-order valence-corrected chi connectivity index (χ2v) is 14.5. The lowest BCUT2D eigenvalue weighted by molar-refractivity contribution is -0.415. The van der Waals surface area contributed by atoms with Crippen LogP contribution in [0.2, 0.25) is 0 Å². The van der Waals surface area contributed by atoms with Crippen LogP contribution < -0.4 is 10.4 Å². The van der Waals surface area contributed by atoms with Crippen LogP contribution >= 0.6 is 0 Å². The summed E-state index contributed by atoms with van der Waals surface area (Å²) in [4.78, 5) is 24.7. The van der Waals surface area contributed by atoms with E-state index in [0.717, 1.165) is 6.92 Å². The number of unbranched alkanes of at least 4 members (excludes halogenated alkanes) is 1. The van der Waals surface area contributed by atoms with E-state index in [1.165, 1.54) is 6.92 Å². The van der Waals surface area contributed by atoms with Gasteiger partial charge >= 0.3 is 0 Å². The Morgan fingerprint density at radius 2 is 1.40 bits per heavy atom. The zero-order valence-electron chi connectivity index (χ0n) is 31.4. The number of carboxylic acid groups (broad SMARTS) is 1. The second kappa shape index (κ2) is 20.6. The Morgan fingerprint density at radius 1 is 0.807 bits per heavy atom. The van der Waals surface area contributed by atoms with Crippen LogP contribution in [0, 0.1) is 0 Å². The molecule has 7 unspecified atom stereocenters. The molecule has 0 spiro atoms. The Morgan fingerprint density at radius 3 is 1.98 bits per heavy atom. The van der Waals surface area contributed by atoms with Gasteiger partial charge in [0.2, 0.25) is 11.7 Å². The number of aliphatic hydroxyl groups excluding tert-OH is 12. The Hall–Kier alpha value is -1.86. The van der Waals surface area contributed by atoms with Crippen molar-refractivity contribution in [2.75, 3.05) is 26.4 Å². The van der Waals surface area contributed by atoms with Gasteiger partial charge in [0.25, 0.3) is 0 Å². The van der Waals surface area contributed by atoms with Crippen LogP contribution in [-0.2, 0) is 47.5 Å². The molecule has 0 aromatic carbocycles. The molecule has 4 aliphatic rings. The molecule has 57 heavy (non-hydrogen) atoms. The van der Waals surface area contributed by atoms with Crippen LogP contribution in [0.4, 0.5) is 0 Å². The van der Waals surface area contributed by atoms with Gasteiger partial charge in [-0.3, -0.25) is 4.79 Å². The van der Waals surface area contributed by atoms with Crippen molar-refractivity contribution in [1.29, 1.82) is 0 Å². The van der Waals surface area contributed by atoms with Crippen LogP contribution in [0.25, 0.3) is 0 Å². The van der Waals surface area contributed by atoms with Gasteiger partial charge in [-0.2, -0.15) is 0 Å². The van der Waals surface area contributed by atoms with E-state index < -0.39 is 166 Å². The number of hydrogen-bond donors (Lipinski definition) is 13. The number of hydrogen-bond acceptors (Lipinski definition) is 23. The molecule has 21 atom stereocenters. The highest BCUT2D eigenvalue weighted by molar-refractivity contribution is 5.75.